The van der Waals surface area contributed by atoms with Crippen molar-refractivity contribution in [2.45, 2.75) is 217 Å². The van der Waals surface area contributed by atoms with E-state index in [1.165, 1.54) is 126 Å². The lowest BCUT2D eigenvalue weighted by Crippen LogP contribution is -2.27. The average Bonchev–Trinajstić information content (AvgIpc) is 1.55. The standard InChI is InChI=1S/C37H43NO4P.C35H36NO6P.C25H27O5P.C14H20N.C11H17O3P/c1-7-38-33-19-11-25(2)21-32(33)37(3,4)35(38)20-15-27-9-8-10-29-22-28-14-18-31(23-34(28)41-36(27)29)40-24-26-12-16-30(17-13-26)42-43(5,6)39;1-5-36-31-17-9-23(2)19-30(31)35(3,4)33(36)18-13-25-7-6-8-27-20-26-12-16-29(21-32(26)41-34(25)27)40-22-24-10-14-28(15-11-24)42-43(37,38)39;1-4-19-7-6-8-21-15-20-11-14-23(16-24(20)29-25(19)21)27-17-18-9-12-22(13-10-18)30-31(3,26)28-5-2;1-6-15-11(3)14(4,5)12-9-10(2)7-8-13(12)15;1-4-10-6-8-11(9-7-10)14-15(3,12)13-5-2/h11-16,18-23,30H,7-10,17,24H2,1-6H3;9-21H,5-8,22H2,1-4H3,(H-,37,38,39);4,9-16H,1,5-8,17H2,2-3H3;7-9H,6H2,1-5H3;6-9H,4-5H2,1-3H3/q+1;;;+1;/p+1/b20-15+;18-13+;;;. The third-order valence-corrected chi connectivity index (χ3v) is 31.8. The van der Waals surface area contributed by atoms with Crippen molar-refractivity contribution in [3.8, 4) is 51.7 Å². The second kappa shape index (κ2) is 46.9. The Bertz CT molecular complexity index is 7140. The van der Waals surface area contributed by atoms with Crippen molar-refractivity contribution in [1.29, 1.82) is 0 Å². The maximum atomic E-state index is 12.1. The highest BCUT2D eigenvalue weighted by atomic mass is 31.2. The van der Waals surface area contributed by atoms with Crippen LogP contribution in [0.1, 0.15) is 221 Å². The fraction of sp³-hybridized carbons (Fsp3) is 0.352. The van der Waals surface area contributed by atoms with Crippen molar-refractivity contribution >= 4 is 82.8 Å². The number of benzene rings is 9. The Morgan fingerprint density at radius 2 is 0.776 bits per heavy atom. The summed E-state index contributed by atoms with van der Waals surface area (Å²) in [6, 6.07) is 59.5. The van der Waals surface area contributed by atoms with E-state index in [1.807, 2.05) is 103 Å². The van der Waals surface area contributed by atoms with Crippen LogP contribution in [0.25, 0.3) is 18.2 Å². The quantitative estimate of drug-likeness (QED) is 0.0315. The van der Waals surface area contributed by atoms with Gasteiger partial charge in [0.25, 0.3) is 0 Å². The lowest BCUT2D eigenvalue weighted by molar-refractivity contribution is -0.434. The van der Waals surface area contributed by atoms with Gasteiger partial charge >= 0.3 is 23.0 Å². The summed E-state index contributed by atoms with van der Waals surface area (Å²) in [5.41, 5.74) is 31.0. The van der Waals surface area contributed by atoms with E-state index in [4.69, 9.17) is 60.8 Å². The fourth-order valence-corrected chi connectivity index (χ4v) is 23.5. The first-order valence-electron chi connectivity index (χ1n) is 51.4. The van der Waals surface area contributed by atoms with Crippen molar-refractivity contribution in [3.63, 3.8) is 0 Å². The number of aryl methyl sites for hydroxylation is 4. The van der Waals surface area contributed by atoms with Crippen LogP contribution in [0.5, 0.6) is 51.7 Å². The first-order valence-corrected chi connectivity index (χ1v) is 59.4. The van der Waals surface area contributed by atoms with E-state index in [0.29, 0.717) is 50.1 Å². The predicted molar refractivity (Wildman–Crippen MR) is 594 cm³/mol. The molecule has 6 heterocycles. The Morgan fingerprint density at radius 1 is 0.415 bits per heavy atom. The number of hydrogen-bond donors (Lipinski definition) is 2. The Hall–Kier alpha value is -12.0. The summed E-state index contributed by atoms with van der Waals surface area (Å²) < 4.78 is 123. The molecule has 21 nitrogen and oxygen atoms in total. The highest BCUT2D eigenvalue weighted by molar-refractivity contribution is 7.57. The van der Waals surface area contributed by atoms with Gasteiger partial charge in [-0.1, -0.05) is 109 Å². The van der Waals surface area contributed by atoms with Gasteiger partial charge in [-0.2, -0.15) is 13.7 Å². The molecule has 3 atom stereocenters. The second-order valence-electron chi connectivity index (χ2n) is 40.5. The molecule has 147 heavy (non-hydrogen) atoms. The number of hydrogen-bond acceptors (Lipinski definition) is 16. The number of fused-ring (bicyclic) bond motifs is 9. The number of ether oxygens (including phenoxy) is 6. The van der Waals surface area contributed by atoms with E-state index in [-0.39, 0.29) is 34.7 Å². The van der Waals surface area contributed by atoms with Crippen molar-refractivity contribution < 1.29 is 97.3 Å². The van der Waals surface area contributed by atoms with E-state index in [1.54, 1.807) is 51.4 Å². The smallest absolute Gasteiger partial charge is 0.489 e. The van der Waals surface area contributed by atoms with Crippen LogP contribution in [0.4, 0.5) is 17.1 Å². The van der Waals surface area contributed by atoms with Gasteiger partial charge in [-0.05, 0) is 345 Å². The van der Waals surface area contributed by atoms with Crippen LogP contribution in [-0.2, 0) is 67.7 Å². The largest absolute Gasteiger partial charge is 0.524 e. The zero-order valence-electron chi connectivity index (χ0n) is 88.9. The summed E-state index contributed by atoms with van der Waals surface area (Å²) in [5.74, 6) is 8.67. The maximum Gasteiger partial charge on any atom is 0.524 e. The van der Waals surface area contributed by atoms with Crippen molar-refractivity contribution in [1.82, 2.24) is 0 Å². The van der Waals surface area contributed by atoms with Gasteiger partial charge in [0.2, 0.25) is 17.1 Å². The third-order valence-electron chi connectivity index (χ3n) is 28.0. The molecule has 6 aliphatic heterocycles. The minimum atomic E-state index is -4.59. The molecular formula is C122H144N3O18P4+3. The molecule has 4 aliphatic carbocycles. The summed E-state index contributed by atoms with van der Waals surface area (Å²) in [6.07, 6.45) is 34.7. The van der Waals surface area contributed by atoms with E-state index in [9.17, 15) is 18.3 Å². The number of phosphoric acid groups is 1. The number of phosphoric ester groups is 1. The second-order valence-corrected chi connectivity index (χ2v) is 48.3. The molecule has 0 fully saturated rings. The Labute approximate surface area is 869 Å². The Balaban J connectivity index is 0.000000146. The highest BCUT2D eigenvalue weighted by Crippen LogP contribution is 2.52. The van der Waals surface area contributed by atoms with E-state index in [2.05, 4.69) is 231 Å². The molecule has 0 amide bonds. The van der Waals surface area contributed by atoms with Crippen LogP contribution in [0.15, 0.2) is 293 Å². The SMILES string of the molecule is C=CC1=C2Oc3cc(OCc4ccc(OP(C)(=O)OCC)cc4)ccc3C=C2CCC1.CCOP(C)(=O)Oc1ccc(CC)cc1.CC[N+]1=C(/C=C/C2=C3Oc4cc(OCC5=CCC(OP(C)(C)=O)C=C5)ccc4C=C3CCC2)C(C)(C)c2cc(C)ccc21.CC[N+]1=C(/C=C/C2=C3Oc4cc(OCc5ccc(OP(=O)(O)O)cc5)ccc4C=C3CCC2)C(C)(C)c2cc(C)ccc21.CC[N+]1=C(C)C(C)(C)c2cc(C)ccc21. The minimum absolute atomic E-state index is 0.0659. The monoisotopic (exact) mass is 2060 g/mol. The van der Waals surface area contributed by atoms with Crippen molar-refractivity contribution in [2.75, 3.05) is 66.1 Å². The molecule has 0 saturated heterocycles. The van der Waals surface area contributed by atoms with Crippen LogP contribution >= 0.6 is 30.4 Å². The maximum absolute atomic E-state index is 12.1. The van der Waals surface area contributed by atoms with Gasteiger partial charge in [-0.3, -0.25) is 14.4 Å². The van der Waals surface area contributed by atoms with Crippen LogP contribution < -0.4 is 42.0 Å². The van der Waals surface area contributed by atoms with Gasteiger partial charge in [0.1, 0.15) is 108 Å². The van der Waals surface area contributed by atoms with Gasteiger partial charge in [0.05, 0.1) is 35.6 Å². The lowest BCUT2D eigenvalue weighted by atomic mass is 9.80. The summed E-state index contributed by atoms with van der Waals surface area (Å²) in [6.45, 7) is 49.9. The zero-order valence-corrected chi connectivity index (χ0v) is 92.5. The van der Waals surface area contributed by atoms with E-state index < -0.39 is 30.4 Å². The third kappa shape index (κ3) is 26.9. The predicted octanol–water partition coefficient (Wildman–Crippen LogP) is 30.8. The van der Waals surface area contributed by atoms with Crippen molar-refractivity contribution in [2.24, 2.45) is 0 Å². The molecule has 0 aromatic heterocycles. The number of nitrogens with zero attached hydrogens (tertiary/aromatic N) is 3. The van der Waals surface area contributed by atoms with E-state index in [0.717, 1.165) is 169 Å². The lowest BCUT2D eigenvalue weighted by Gasteiger charge is -2.27. The van der Waals surface area contributed by atoms with Gasteiger partial charge in [-0.15, -0.1) is 0 Å². The van der Waals surface area contributed by atoms with Gasteiger partial charge in [-0.25, -0.2) is 13.7 Å². The summed E-state index contributed by atoms with van der Waals surface area (Å²) in [5, 5.41) is 0. The molecule has 0 saturated carbocycles. The number of allylic oxidation sites excluding steroid dienone is 11. The Morgan fingerprint density at radius 3 is 1.14 bits per heavy atom. The summed E-state index contributed by atoms with van der Waals surface area (Å²) in [7, 11) is -13.1. The molecule has 3 unspecified atom stereocenters. The van der Waals surface area contributed by atoms with Gasteiger partial charge in [0, 0.05) is 116 Å². The van der Waals surface area contributed by atoms with Crippen LogP contribution in [0.2, 0.25) is 0 Å². The van der Waals surface area contributed by atoms with Gasteiger partial charge in [0.15, 0.2) is 24.5 Å². The zero-order chi connectivity index (χ0) is 105. The molecule has 772 valence electrons. The molecule has 0 spiro atoms. The topological polar surface area (TPSA) is 229 Å². The highest BCUT2D eigenvalue weighted by Gasteiger charge is 2.47. The molecule has 2 N–H and O–H groups in total. The minimum Gasteiger partial charge on any atom is -0.489 e. The molecule has 9 aromatic rings. The fourth-order valence-electron chi connectivity index (χ4n) is 20.3. The molecule has 9 aromatic carbocycles. The van der Waals surface area contributed by atoms with Crippen LogP contribution in [0.3, 0.4) is 0 Å². The molecule has 0 bridgehead atoms. The normalized spacial score (nSPS) is 18.1. The first-order chi connectivity index (χ1) is 70.0. The average molecular weight is 2060 g/mol. The Kier molecular flexibility index (Phi) is 34.8. The van der Waals surface area contributed by atoms with Crippen molar-refractivity contribution in [3.05, 3.63) is 360 Å². The van der Waals surface area contributed by atoms with E-state index >= 15 is 0 Å². The summed E-state index contributed by atoms with van der Waals surface area (Å²) in [4.78, 5) is 18.0. The van der Waals surface area contributed by atoms with Crippen LogP contribution in [0, 0.1) is 20.8 Å². The molecule has 19 rings (SSSR count). The summed E-state index contributed by atoms with van der Waals surface area (Å²) >= 11 is 0. The van der Waals surface area contributed by atoms with Crippen LogP contribution in [-0.4, -0.2) is 113 Å². The van der Waals surface area contributed by atoms with Gasteiger partial charge < -0.3 is 55.6 Å². The molecule has 25 heteroatoms. The number of rotatable bonds is 30. The molecule has 0 radical (unpaired) electrons. The molecule has 10 aliphatic rings. The molecular weight excluding hydrogens is 1920 g/mol. The first kappa shape index (κ1) is 109.